The smallest absolute Gasteiger partial charge is 0.194 e. The van der Waals surface area contributed by atoms with Crippen molar-refractivity contribution in [2.45, 2.75) is 51.4 Å². The van der Waals surface area contributed by atoms with Crippen LogP contribution in [0.1, 0.15) is 43.9 Å². The molecule has 0 spiro atoms. The van der Waals surface area contributed by atoms with Crippen molar-refractivity contribution < 1.29 is 9.47 Å². The van der Waals surface area contributed by atoms with E-state index in [4.69, 9.17) is 14.5 Å². The molecule has 7 heteroatoms. The van der Waals surface area contributed by atoms with Gasteiger partial charge in [-0.2, -0.15) is 0 Å². The summed E-state index contributed by atoms with van der Waals surface area (Å²) >= 11 is 0. The third-order valence-corrected chi connectivity index (χ3v) is 5.92. The highest BCUT2D eigenvalue weighted by atomic mass is 127. The molecule has 2 aliphatic rings. The zero-order valence-corrected chi connectivity index (χ0v) is 21.3. The SMILES string of the molecule is CCNC(=NCC(c1ccc(CC)cc1)N(C)C)N1CCOC(C2CCCO2)C1.I. The van der Waals surface area contributed by atoms with Crippen LogP contribution in [0.5, 0.6) is 0 Å². The first-order chi connectivity index (χ1) is 14.1. The largest absolute Gasteiger partial charge is 0.375 e. The molecule has 0 amide bonds. The number of nitrogens with zero attached hydrogens (tertiary/aromatic N) is 3. The number of aryl methyl sites for hydroxylation is 1. The predicted molar refractivity (Wildman–Crippen MR) is 134 cm³/mol. The fourth-order valence-corrected chi connectivity index (χ4v) is 4.13. The maximum Gasteiger partial charge on any atom is 0.194 e. The van der Waals surface area contributed by atoms with Gasteiger partial charge in [0.05, 0.1) is 25.3 Å². The summed E-state index contributed by atoms with van der Waals surface area (Å²) in [5, 5.41) is 3.49. The number of hydrogen-bond acceptors (Lipinski definition) is 4. The second-order valence-corrected chi connectivity index (χ2v) is 8.18. The molecule has 30 heavy (non-hydrogen) atoms. The highest BCUT2D eigenvalue weighted by Crippen LogP contribution is 2.22. The lowest BCUT2D eigenvalue weighted by Crippen LogP contribution is -2.53. The molecule has 1 aromatic rings. The molecule has 170 valence electrons. The second kappa shape index (κ2) is 12.8. The Labute approximate surface area is 199 Å². The van der Waals surface area contributed by atoms with E-state index >= 15 is 0 Å². The number of morpholine rings is 1. The molecule has 2 saturated heterocycles. The van der Waals surface area contributed by atoms with Gasteiger partial charge in [-0.1, -0.05) is 31.2 Å². The first kappa shape index (κ1) is 25.4. The average Bonchev–Trinajstić information content (AvgIpc) is 3.28. The standard InChI is InChI=1S/C23H38N4O2.HI/c1-5-18-9-11-19(12-10-18)20(26(3)4)16-25-23(24-6-2)27-13-15-29-22(17-27)21-8-7-14-28-21;/h9-12,20-22H,5-8,13-17H2,1-4H3,(H,24,25);1H. The van der Waals surface area contributed by atoms with Gasteiger partial charge in [0.2, 0.25) is 0 Å². The molecule has 0 aromatic heterocycles. The molecule has 2 fully saturated rings. The highest BCUT2D eigenvalue weighted by Gasteiger charge is 2.32. The van der Waals surface area contributed by atoms with E-state index in [9.17, 15) is 0 Å². The van der Waals surface area contributed by atoms with E-state index in [1.165, 1.54) is 11.1 Å². The maximum atomic E-state index is 6.02. The number of aliphatic imine (C=N–C) groups is 1. The Bertz CT molecular complexity index is 647. The van der Waals surface area contributed by atoms with E-state index < -0.39 is 0 Å². The Hall–Kier alpha value is -0.900. The molecule has 0 radical (unpaired) electrons. The van der Waals surface area contributed by atoms with Crippen LogP contribution < -0.4 is 5.32 Å². The molecule has 2 heterocycles. The number of nitrogens with one attached hydrogen (secondary N) is 1. The number of hydrogen-bond donors (Lipinski definition) is 1. The fourth-order valence-electron chi connectivity index (χ4n) is 4.13. The van der Waals surface area contributed by atoms with Crippen LogP contribution in [0.4, 0.5) is 0 Å². The van der Waals surface area contributed by atoms with Gasteiger partial charge in [0.25, 0.3) is 0 Å². The minimum Gasteiger partial charge on any atom is -0.375 e. The number of ether oxygens (including phenoxy) is 2. The van der Waals surface area contributed by atoms with Gasteiger partial charge in [0.1, 0.15) is 6.10 Å². The first-order valence-corrected chi connectivity index (χ1v) is 11.1. The molecule has 1 N–H and O–H groups in total. The number of rotatable bonds is 7. The van der Waals surface area contributed by atoms with E-state index in [0.29, 0.717) is 0 Å². The summed E-state index contributed by atoms with van der Waals surface area (Å²) in [7, 11) is 4.26. The highest BCUT2D eigenvalue weighted by molar-refractivity contribution is 14.0. The van der Waals surface area contributed by atoms with Gasteiger partial charge >= 0.3 is 0 Å². The number of benzene rings is 1. The van der Waals surface area contributed by atoms with Gasteiger partial charge in [0.15, 0.2) is 5.96 Å². The van der Waals surface area contributed by atoms with Crippen LogP contribution in [0.2, 0.25) is 0 Å². The van der Waals surface area contributed by atoms with E-state index in [1.54, 1.807) is 0 Å². The van der Waals surface area contributed by atoms with E-state index in [0.717, 1.165) is 64.6 Å². The lowest BCUT2D eigenvalue weighted by molar-refractivity contribution is -0.0817. The molecular weight excluding hydrogens is 491 g/mol. The Morgan fingerprint density at radius 1 is 1.17 bits per heavy atom. The zero-order chi connectivity index (χ0) is 20.6. The van der Waals surface area contributed by atoms with Crippen molar-refractivity contribution in [3.63, 3.8) is 0 Å². The Balaban J connectivity index is 0.00000320. The van der Waals surface area contributed by atoms with Crippen molar-refractivity contribution in [1.82, 2.24) is 15.1 Å². The van der Waals surface area contributed by atoms with Crippen molar-refractivity contribution >= 4 is 29.9 Å². The van der Waals surface area contributed by atoms with Gasteiger partial charge in [-0.15, -0.1) is 24.0 Å². The summed E-state index contributed by atoms with van der Waals surface area (Å²) in [5.41, 5.74) is 2.68. The van der Waals surface area contributed by atoms with Gasteiger partial charge in [-0.25, -0.2) is 0 Å². The summed E-state index contributed by atoms with van der Waals surface area (Å²) in [5.74, 6) is 0.982. The van der Waals surface area contributed by atoms with E-state index in [1.807, 2.05) is 0 Å². The van der Waals surface area contributed by atoms with Crippen LogP contribution in [0.15, 0.2) is 29.3 Å². The third-order valence-electron chi connectivity index (χ3n) is 5.92. The molecule has 0 aliphatic carbocycles. The molecule has 2 aliphatic heterocycles. The summed E-state index contributed by atoms with van der Waals surface area (Å²) in [4.78, 5) is 9.62. The molecule has 6 nitrogen and oxygen atoms in total. The Morgan fingerprint density at radius 3 is 2.50 bits per heavy atom. The van der Waals surface area contributed by atoms with Crippen LogP contribution >= 0.6 is 24.0 Å². The Kier molecular flexibility index (Phi) is 10.8. The monoisotopic (exact) mass is 530 g/mol. The van der Waals surface area contributed by atoms with Crippen LogP contribution in [0.3, 0.4) is 0 Å². The molecule has 3 unspecified atom stereocenters. The van der Waals surface area contributed by atoms with Crippen LogP contribution in [0.25, 0.3) is 0 Å². The van der Waals surface area contributed by atoms with Gasteiger partial charge in [-0.3, -0.25) is 4.99 Å². The number of halogens is 1. The molecule has 3 rings (SSSR count). The molecule has 1 aromatic carbocycles. The molecule has 3 atom stereocenters. The first-order valence-electron chi connectivity index (χ1n) is 11.1. The normalized spacial score (nSPS) is 23.4. The lowest BCUT2D eigenvalue weighted by Gasteiger charge is -2.37. The second-order valence-electron chi connectivity index (χ2n) is 8.18. The lowest BCUT2D eigenvalue weighted by atomic mass is 10.0. The minimum absolute atomic E-state index is 0. The van der Waals surface area contributed by atoms with Crippen LogP contribution in [-0.2, 0) is 15.9 Å². The molecule has 0 saturated carbocycles. The summed E-state index contributed by atoms with van der Waals surface area (Å²) in [6, 6.07) is 9.20. The van der Waals surface area contributed by atoms with Gasteiger partial charge in [0, 0.05) is 26.2 Å². The predicted octanol–water partition coefficient (Wildman–Crippen LogP) is 3.32. The summed E-state index contributed by atoms with van der Waals surface area (Å²) < 4.78 is 11.9. The number of likely N-dealkylation sites (N-methyl/N-ethyl adjacent to an activating group) is 1. The maximum absolute atomic E-state index is 6.02. The van der Waals surface area contributed by atoms with Crippen molar-refractivity contribution in [2.75, 3.05) is 53.5 Å². The fraction of sp³-hybridized carbons (Fsp3) is 0.696. The van der Waals surface area contributed by atoms with E-state index in [2.05, 4.69) is 67.3 Å². The Morgan fingerprint density at radius 2 is 1.90 bits per heavy atom. The minimum atomic E-state index is 0. The average molecular weight is 530 g/mol. The summed E-state index contributed by atoms with van der Waals surface area (Å²) in [6.45, 7) is 9.20. The number of guanidine groups is 1. The quantitative estimate of drug-likeness (QED) is 0.333. The van der Waals surface area contributed by atoms with Gasteiger partial charge in [-0.05, 0) is 51.4 Å². The van der Waals surface area contributed by atoms with Crippen molar-refractivity contribution in [3.8, 4) is 0 Å². The van der Waals surface area contributed by atoms with Gasteiger partial charge < -0.3 is 24.6 Å². The summed E-state index contributed by atoms with van der Waals surface area (Å²) in [6.07, 6.45) is 3.68. The topological polar surface area (TPSA) is 49.3 Å². The van der Waals surface area contributed by atoms with Crippen molar-refractivity contribution in [3.05, 3.63) is 35.4 Å². The molecular formula is C23H39IN4O2. The van der Waals surface area contributed by atoms with Crippen molar-refractivity contribution in [2.24, 2.45) is 4.99 Å². The third kappa shape index (κ3) is 6.80. The zero-order valence-electron chi connectivity index (χ0n) is 19.0. The van der Waals surface area contributed by atoms with Crippen LogP contribution in [-0.4, -0.2) is 81.5 Å². The van der Waals surface area contributed by atoms with E-state index in [-0.39, 0.29) is 42.2 Å². The molecule has 0 bridgehead atoms. The van der Waals surface area contributed by atoms with Crippen molar-refractivity contribution in [1.29, 1.82) is 0 Å². The van der Waals surface area contributed by atoms with Crippen LogP contribution in [0, 0.1) is 0 Å².